The van der Waals surface area contributed by atoms with Crippen molar-refractivity contribution in [2.75, 3.05) is 0 Å². The maximum atomic E-state index is 12.2. The van der Waals surface area contributed by atoms with Crippen LogP contribution in [-0.2, 0) is 6.54 Å². The number of aromatic nitrogens is 1. The summed E-state index contributed by atoms with van der Waals surface area (Å²) in [6.45, 7) is 2.33. The smallest absolute Gasteiger partial charge is 0.287 e. The van der Waals surface area contributed by atoms with Crippen molar-refractivity contribution in [1.29, 1.82) is 0 Å². The Balaban J connectivity index is 2.06. The Morgan fingerprint density at radius 1 is 1.50 bits per heavy atom. The third kappa shape index (κ3) is 3.16. The molecule has 0 atom stereocenters. The zero-order chi connectivity index (χ0) is 14.7. The van der Waals surface area contributed by atoms with Gasteiger partial charge in [-0.05, 0) is 32.6 Å². The molecule has 0 spiro atoms. The van der Waals surface area contributed by atoms with E-state index in [-0.39, 0.29) is 23.7 Å². The molecule has 1 aliphatic rings. The average Bonchev–Trinajstić information content (AvgIpc) is 2.86. The van der Waals surface area contributed by atoms with E-state index in [0.717, 1.165) is 12.8 Å². The van der Waals surface area contributed by atoms with Crippen molar-refractivity contribution in [3.05, 3.63) is 28.1 Å². The Kier molecular flexibility index (Phi) is 4.39. The minimum absolute atomic E-state index is 0.0326. The van der Waals surface area contributed by atoms with Crippen molar-refractivity contribution in [2.45, 2.75) is 51.3 Å². The molecule has 110 valence electrons. The molecule has 1 aromatic rings. The molecule has 1 aromatic heterocycles. The lowest BCUT2D eigenvalue weighted by Gasteiger charge is -2.26. The maximum absolute atomic E-state index is 12.2. The SMILES string of the molecule is CCn1cc([N+](=O)[O-])cc1C(=O)NC1CCC(O)CC1. The number of carbonyl (C=O) groups is 1. The molecule has 0 aromatic carbocycles. The van der Waals surface area contributed by atoms with Crippen LogP contribution in [0.4, 0.5) is 5.69 Å². The maximum Gasteiger partial charge on any atom is 0.287 e. The topological polar surface area (TPSA) is 97.4 Å². The van der Waals surface area contributed by atoms with Crippen LogP contribution < -0.4 is 5.32 Å². The van der Waals surface area contributed by atoms with Gasteiger partial charge in [0.25, 0.3) is 11.6 Å². The fourth-order valence-corrected chi connectivity index (χ4v) is 2.53. The summed E-state index contributed by atoms with van der Waals surface area (Å²) in [6, 6.07) is 1.33. The molecule has 1 aliphatic carbocycles. The molecular formula is C13H19N3O4. The summed E-state index contributed by atoms with van der Waals surface area (Å²) in [5.41, 5.74) is 0.237. The summed E-state index contributed by atoms with van der Waals surface area (Å²) >= 11 is 0. The van der Waals surface area contributed by atoms with E-state index in [1.807, 2.05) is 6.92 Å². The van der Waals surface area contributed by atoms with Crippen LogP contribution in [0, 0.1) is 10.1 Å². The highest BCUT2D eigenvalue weighted by Gasteiger charge is 2.24. The molecule has 20 heavy (non-hydrogen) atoms. The fourth-order valence-electron chi connectivity index (χ4n) is 2.53. The molecule has 1 fully saturated rings. The van der Waals surface area contributed by atoms with Crippen LogP contribution in [0.2, 0.25) is 0 Å². The van der Waals surface area contributed by atoms with Gasteiger partial charge >= 0.3 is 0 Å². The van der Waals surface area contributed by atoms with Crippen molar-refractivity contribution in [2.24, 2.45) is 0 Å². The first kappa shape index (κ1) is 14.5. The molecule has 2 N–H and O–H groups in total. The molecule has 1 saturated carbocycles. The van der Waals surface area contributed by atoms with Gasteiger partial charge in [-0.3, -0.25) is 14.9 Å². The van der Waals surface area contributed by atoms with E-state index in [1.54, 1.807) is 4.57 Å². The monoisotopic (exact) mass is 281 g/mol. The summed E-state index contributed by atoms with van der Waals surface area (Å²) in [7, 11) is 0. The Labute approximate surface area is 116 Å². The molecule has 0 saturated heterocycles. The van der Waals surface area contributed by atoms with Gasteiger partial charge in [0.15, 0.2) is 0 Å². The van der Waals surface area contributed by atoms with E-state index < -0.39 is 4.92 Å². The Morgan fingerprint density at radius 3 is 2.70 bits per heavy atom. The quantitative estimate of drug-likeness (QED) is 0.644. The number of aryl methyl sites for hydroxylation is 1. The van der Waals surface area contributed by atoms with Gasteiger partial charge in [-0.2, -0.15) is 0 Å². The minimum Gasteiger partial charge on any atom is -0.393 e. The zero-order valence-corrected chi connectivity index (χ0v) is 11.4. The van der Waals surface area contributed by atoms with E-state index in [0.29, 0.717) is 25.1 Å². The van der Waals surface area contributed by atoms with Crippen LogP contribution in [0.5, 0.6) is 0 Å². The number of rotatable bonds is 4. The number of aliphatic hydroxyl groups is 1. The summed E-state index contributed by atoms with van der Waals surface area (Å²) in [5, 5.41) is 23.1. The molecule has 0 bridgehead atoms. The molecule has 0 radical (unpaired) electrons. The van der Waals surface area contributed by atoms with Crippen LogP contribution in [-0.4, -0.2) is 32.6 Å². The van der Waals surface area contributed by atoms with Crippen LogP contribution >= 0.6 is 0 Å². The summed E-state index contributed by atoms with van der Waals surface area (Å²) < 4.78 is 1.57. The molecule has 7 nitrogen and oxygen atoms in total. The lowest BCUT2D eigenvalue weighted by atomic mass is 9.93. The van der Waals surface area contributed by atoms with Gasteiger partial charge < -0.3 is 15.0 Å². The van der Waals surface area contributed by atoms with E-state index >= 15 is 0 Å². The third-order valence-electron chi connectivity index (χ3n) is 3.70. The first-order chi connectivity index (χ1) is 9.51. The van der Waals surface area contributed by atoms with Crippen LogP contribution in [0.25, 0.3) is 0 Å². The van der Waals surface area contributed by atoms with Crippen molar-refractivity contribution in [3.8, 4) is 0 Å². The van der Waals surface area contributed by atoms with E-state index in [1.165, 1.54) is 12.3 Å². The summed E-state index contributed by atoms with van der Waals surface area (Å²) in [4.78, 5) is 22.5. The standard InChI is InChI=1S/C13H19N3O4/c1-2-15-8-10(16(19)20)7-12(15)13(18)14-9-3-5-11(17)6-4-9/h7-9,11,17H,2-6H2,1H3,(H,14,18). The second kappa shape index (κ2) is 6.04. The number of nitrogens with zero attached hydrogens (tertiary/aromatic N) is 2. The van der Waals surface area contributed by atoms with E-state index in [9.17, 15) is 20.0 Å². The number of nitro groups is 1. The van der Waals surface area contributed by atoms with Crippen LogP contribution in [0.15, 0.2) is 12.3 Å². The molecule has 7 heteroatoms. The third-order valence-corrected chi connectivity index (χ3v) is 3.70. The van der Waals surface area contributed by atoms with Gasteiger partial charge in [0.2, 0.25) is 0 Å². The largest absolute Gasteiger partial charge is 0.393 e. The van der Waals surface area contributed by atoms with Crippen LogP contribution in [0.1, 0.15) is 43.1 Å². The number of hydrogen-bond donors (Lipinski definition) is 2. The molecule has 0 unspecified atom stereocenters. The molecule has 0 aliphatic heterocycles. The zero-order valence-electron chi connectivity index (χ0n) is 11.4. The van der Waals surface area contributed by atoms with Gasteiger partial charge in [0.1, 0.15) is 5.69 Å². The second-order valence-electron chi connectivity index (χ2n) is 5.11. The highest BCUT2D eigenvalue weighted by atomic mass is 16.6. The van der Waals surface area contributed by atoms with Crippen molar-refractivity contribution < 1.29 is 14.8 Å². The number of hydrogen-bond acceptors (Lipinski definition) is 4. The van der Waals surface area contributed by atoms with Crippen molar-refractivity contribution >= 4 is 11.6 Å². The lowest BCUT2D eigenvalue weighted by molar-refractivity contribution is -0.384. The molecular weight excluding hydrogens is 262 g/mol. The second-order valence-corrected chi connectivity index (χ2v) is 5.11. The number of amides is 1. The van der Waals surface area contributed by atoms with Gasteiger partial charge in [-0.15, -0.1) is 0 Å². The van der Waals surface area contributed by atoms with Gasteiger partial charge in [0, 0.05) is 18.7 Å². The number of aliphatic hydroxyl groups excluding tert-OH is 1. The van der Waals surface area contributed by atoms with E-state index in [2.05, 4.69) is 5.32 Å². The number of carbonyl (C=O) groups excluding carboxylic acids is 1. The lowest BCUT2D eigenvalue weighted by Crippen LogP contribution is -2.39. The minimum atomic E-state index is -0.500. The Morgan fingerprint density at radius 2 is 2.15 bits per heavy atom. The summed E-state index contributed by atoms with van der Waals surface area (Å²) in [5.74, 6) is -0.290. The molecule has 1 heterocycles. The van der Waals surface area contributed by atoms with Gasteiger partial charge in [-0.25, -0.2) is 0 Å². The van der Waals surface area contributed by atoms with Gasteiger partial charge in [0.05, 0.1) is 17.2 Å². The predicted octanol–water partition coefficient (Wildman–Crippen LogP) is 1.45. The summed E-state index contributed by atoms with van der Waals surface area (Å²) in [6.07, 6.45) is 3.94. The molecule has 2 rings (SSSR count). The van der Waals surface area contributed by atoms with Crippen LogP contribution in [0.3, 0.4) is 0 Å². The highest BCUT2D eigenvalue weighted by Crippen LogP contribution is 2.20. The average molecular weight is 281 g/mol. The fraction of sp³-hybridized carbons (Fsp3) is 0.615. The first-order valence-electron chi connectivity index (χ1n) is 6.84. The van der Waals surface area contributed by atoms with E-state index in [4.69, 9.17) is 0 Å². The first-order valence-corrected chi connectivity index (χ1v) is 6.84. The van der Waals surface area contributed by atoms with Crippen molar-refractivity contribution in [1.82, 2.24) is 9.88 Å². The normalized spacial score (nSPS) is 22.5. The Hall–Kier alpha value is -1.89. The van der Waals surface area contributed by atoms with Gasteiger partial charge in [-0.1, -0.05) is 0 Å². The highest BCUT2D eigenvalue weighted by molar-refractivity contribution is 5.93. The molecule has 1 amide bonds. The Bertz CT molecular complexity index is 504. The number of nitrogens with one attached hydrogen (secondary N) is 1. The predicted molar refractivity (Wildman–Crippen MR) is 72.5 cm³/mol. The van der Waals surface area contributed by atoms with Crippen molar-refractivity contribution in [3.63, 3.8) is 0 Å².